The van der Waals surface area contributed by atoms with Crippen LogP contribution in [0.25, 0.3) is 0 Å². The van der Waals surface area contributed by atoms with Gasteiger partial charge in [0.15, 0.2) is 0 Å². The highest BCUT2D eigenvalue weighted by atomic mass is 16.2. The van der Waals surface area contributed by atoms with Crippen molar-refractivity contribution in [3.8, 4) is 0 Å². The lowest BCUT2D eigenvalue weighted by atomic mass is 10.5. The highest BCUT2D eigenvalue weighted by molar-refractivity contribution is 5.77. The summed E-state index contributed by atoms with van der Waals surface area (Å²) in [4.78, 5) is 22.0. The molecule has 0 saturated carbocycles. The summed E-state index contributed by atoms with van der Waals surface area (Å²) in [6.45, 7) is 6.44. The molecular formula is C8H18N4O2. The van der Waals surface area contributed by atoms with Crippen LogP contribution >= 0.6 is 0 Å². The van der Waals surface area contributed by atoms with Crippen molar-refractivity contribution in [3.05, 3.63) is 0 Å². The first-order chi connectivity index (χ1) is 6.60. The maximum absolute atomic E-state index is 11.0. The highest BCUT2D eigenvalue weighted by Gasteiger charge is 2.07. The van der Waals surface area contributed by atoms with E-state index in [0.29, 0.717) is 13.1 Å². The molecule has 0 saturated heterocycles. The van der Waals surface area contributed by atoms with Crippen LogP contribution in [-0.2, 0) is 0 Å². The molecule has 0 heterocycles. The molecule has 0 aliphatic carbocycles. The van der Waals surface area contributed by atoms with Gasteiger partial charge in [-0.3, -0.25) is 0 Å². The summed E-state index contributed by atoms with van der Waals surface area (Å²) in [5.41, 5.74) is 0. The minimum atomic E-state index is -0.395. The molecule has 4 N–H and O–H groups in total. The average molecular weight is 202 g/mol. The van der Waals surface area contributed by atoms with Crippen LogP contribution in [0.15, 0.2) is 0 Å². The highest BCUT2D eigenvalue weighted by Crippen LogP contribution is 1.76. The molecule has 0 aromatic rings. The zero-order valence-corrected chi connectivity index (χ0v) is 8.81. The fourth-order valence-electron chi connectivity index (χ4n) is 0.853. The van der Waals surface area contributed by atoms with Gasteiger partial charge >= 0.3 is 12.1 Å². The average Bonchev–Trinajstić information content (AvgIpc) is 2.03. The van der Waals surface area contributed by atoms with Crippen molar-refractivity contribution in [2.45, 2.75) is 26.9 Å². The molecule has 6 heteroatoms. The largest absolute Gasteiger partial charge is 0.338 e. The summed E-state index contributed by atoms with van der Waals surface area (Å²) in [5, 5.41) is 10.2. The normalized spacial score (nSPS) is 9.43. The van der Waals surface area contributed by atoms with E-state index < -0.39 is 6.17 Å². The summed E-state index contributed by atoms with van der Waals surface area (Å²) < 4.78 is 0. The Bertz CT molecular complexity index is 176. The second kappa shape index (κ2) is 6.99. The lowest BCUT2D eigenvalue weighted by Crippen LogP contribution is -2.51. The second-order valence-corrected chi connectivity index (χ2v) is 2.73. The van der Waals surface area contributed by atoms with Gasteiger partial charge in [0, 0.05) is 13.1 Å². The Balaban J connectivity index is 3.68. The van der Waals surface area contributed by atoms with E-state index in [1.807, 2.05) is 13.8 Å². The fraction of sp³-hybridized carbons (Fsp3) is 0.750. The maximum atomic E-state index is 11.0. The first-order valence-electron chi connectivity index (χ1n) is 4.68. The van der Waals surface area contributed by atoms with Crippen molar-refractivity contribution in [1.82, 2.24) is 21.3 Å². The third-order valence-electron chi connectivity index (χ3n) is 1.37. The molecule has 6 nitrogen and oxygen atoms in total. The summed E-state index contributed by atoms with van der Waals surface area (Å²) in [5.74, 6) is 0. The number of carbonyl (C=O) groups excluding carboxylic acids is 2. The van der Waals surface area contributed by atoms with Crippen molar-refractivity contribution in [1.29, 1.82) is 0 Å². The standard InChI is InChI=1S/C8H18N4O2/c1-4-9-7(13)11-6(3)12-8(14)10-5-2/h6H,4-5H2,1-3H3,(H2,9,11,13)(H2,10,12,14). The molecule has 0 bridgehead atoms. The van der Waals surface area contributed by atoms with Gasteiger partial charge in [-0.2, -0.15) is 0 Å². The molecule has 0 aromatic heterocycles. The summed E-state index contributed by atoms with van der Waals surface area (Å²) in [7, 11) is 0. The summed E-state index contributed by atoms with van der Waals surface area (Å²) >= 11 is 0. The lowest BCUT2D eigenvalue weighted by Gasteiger charge is -2.15. The Morgan fingerprint density at radius 2 is 1.36 bits per heavy atom. The molecule has 0 fully saturated rings. The minimum Gasteiger partial charge on any atom is -0.338 e. The van der Waals surface area contributed by atoms with E-state index in [-0.39, 0.29) is 12.1 Å². The van der Waals surface area contributed by atoms with Crippen molar-refractivity contribution >= 4 is 12.1 Å². The number of urea groups is 2. The van der Waals surface area contributed by atoms with Crippen molar-refractivity contribution in [3.63, 3.8) is 0 Å². The molecule has 0 rings (SSSR count). The SMILES string of the molecule is CCNC(=O)NC(C)NC(=O)NCC. The molecule has 0 aliphatic rings. The van der Waals surface area contributed by atoms with E-state index in [2.05, 4.69) is 21.3 Å². The monoisotopic (exact) mass is 202 g/mol. The van der Waals surface area contributed by atoms with Gasteiger partial charge in [0.2, 0.25) is 0 Å². The zero-order chi connectivity index (χ0) is 11.0. The Morgan fingerprint density at radius 3 is 1.64 bits per heavy atom. The van der Waals surface area contributed by atoms with Gasteiger partial charge in [-0.05, 0) is 20.8 Å². The van der Waals surface area contributed by atoms with Gasteiger partial charge in [0.05, 0.1) is 0 Å². The van der Waals surface area contributed by atoms with Crippen LogP contribution in [0.3, 0.4) is 0 Å². The first-order valence-corrected chi connectivity index (χ1v) is 4.68. The molecule has 4 amide bonds. The van der Waals surface area contributed by atoms with Crippen LogP contribution in [0, 0.1) is 0 Å². The van der Waals surface area contributed by atoms with Crippen LogP contribution in [-0.4, -0.2) is 31.3 Å². The Morgan fingerprint density at radius 1 is 1.00 bits per heavy atom. The lowest BCUT2D eigenvalue weighted by molar-refractivity contribution is 0.228. The number of hydrogen-bond acceptors (Lipinski definition) is 2. The van der Waals surface area contributed by atoms with Gasteiger partial charge in [-0.15, -0.1) is 0 Å². The van der Waals surface area contributed by atoms with Gasteiger partial charge in [0.25, 0.3) is 0 Å². The van der Waals surface area contributed by atoms with E-state index in [9.17, 15) is 9.59 Å². The van der Waals surface area contributed by atoms with Gasteiger partial charge in [-0.25, -0.2) is 9.59 Å². The van der Waals surface area contributed by atoms with E-state index in [0.717, 1.165) is 0 Å². The molecule has 14 heavy (non-hydrogen) atoms. The van der Waals surface area contributed by atoms with Gasteiger partial charge in [-0.1, -0.05) is 0 Å². The number of hydrogen-bond donors (Lipinski definition) is 4. The number of rotatable bonds is 4. The molecule has 0 spiro atoms. The zero-order valence-electron chi connectivity index (χ0n) is 8.81. The molecule has 0 aromatic carbocycles. The van der Waals surface area contributed by atoms with Crippen LogP contribution in [0.1, 0.15) is 20.8 Å². The summed E-state index contributed by atoms with van der Waals surface area (Å²) in [6.07, 6.45) is -0.395. The minimum absolute atomic E-state index is 0.295. The van der Waals surface area contributed by atoms with E-state index in [1.165, 1.54) is 0 Å². The van der Waals surface area contributed by atoms with Crippen LogP contribution in [0.2, 0.25) is 0 Å². The second-order valence-electron chi connectivity index (χ2n) is 2.73. The fourth-order valence-corrected chi connectivity index (χ4v) is 0.853. The quantitative estimate of drug-likeness (QED) is 0.483. The maximum Gasteiger partial charge on any atom is 0.316 e. The molecule has 0 radical (unpaired) electrons. The van der Waals surface area contributed by atoms with E-state index in [1.54, 1.807) is 6.92 Å². The topological polar surface area (TPSA) is 82.3 Å². The third-order valence-corrected chi connectivity index (χ3v) is 1.37. The molecular weight excluding hydrogens is 184 g/mol. The first kappa shape index (κ1) is 12.5. The van der Waals surface area contributed by atoms with Crippen LogP contribution in [0.4, 0.5) is 9.59 Å². The number of carbonyl (C=O) groups is 2. The smallest absolute Gasteiger partial charge is 0.316 e. The Kier molecular flexibility index (Phi) is 6.26. The molecule has 0 atom stereocenters. The molecule has 82 valence electrons. The van der Waals surface area contributed by atoms with E-state index >= 15 is 0 Å². The van der Waals surface area contributed by atoms with Gasteiger partial charge in [0.1, 0.15) is 6.17 Å². The van der Waals surface area contributed by atoms with Crippen molar-refractivity contribution < 1.29 is 9.59 Å². The molecule has 0 aliphatic heterocycles. The van der Waals surface area contributed by atoms with Crippen LogP contribution in [0.5, 0.6) is 0 Å². The van der Waals surface area contributed by atoms with Crippen molar-refractivity contribution in [2.75, 3.05) is 13.1 Å². The van der Waals surface area contributed by atoms with Gasteiger partial charge < -0.3 is 21.3 Å². The Hall–Kier alpha value is -1.46. The van der Waals surface area contributed by atoms with E-state index in [4.69, 9.17) is 0 Å². The predicted octanol–water partition coefficient (Wildman–Crippen LogP) is -0.0294. The Labute approximate surface area is 83.8 Å². The third kappa shape index (κ3) is 6.10. The predicted molar refractivity (Wildman–Crippen MR) is 53.9 cm³/mol. The molecule has 0 unspecified atom stereocenters. The van der Waals surface area contributed by atoms with Crippen molar-refractivity contribution in [2.24, 2.45) is 0 Å². The number of amides is 4. The van der Waals surface area contributed by atoms with Crippen LogP contribution < -0.4 is 21.3 Å². The number of nitrogens with one attached hydrogen (secondary N) is 4. The summed E-state index contributed by atoms with van der Waals surface area (Å²) in [6, 6.07) is -0.589.